The van der Waals surface area contributed by atoms with Crippen molar-refractivity contribution in [1.29, 1.82) is 0 Å². The Morgan fingerprint density at radius 2 is 1.93 bits per heavy atom. The van der Waals surface area contributed by atoms with Gasteiger partial charge in [0.2, 0.25) is 0 Å². The van der Waals surface area contributed by atoms with Gasteiger partial charge in [-0.15, -0.1) is 6.58 Å². The predicted octanol–water partition coefficient (Wildman–Crippen LogP) is 6.95. The first-order valence-electron chi connectivity index (χ1n) is 15.2. The summed E-state index contributed by atoms with van der Waals surface area (Å²) in [5, 5.41) is 4.71. The molecule has 0 radical (unpaired) electrons. The molecule has 0 spiro atoms. The summed E-state index contributed by atoms with van der Waals surface area (Å²) in [6.45, 7) is 10.1. The van der Waals surface area contributed by atoms with Crippen LogP contribution >= 0.6 is 0 Å². The molecule has 1 N–H and O–H groups in total. The van der Waals surface area contributed by atoms with Gasteiger partial charge in [0.05, 0.1) is 11.7 Å². The SMILES string of the molecule is C=CCn1ccc2ccc(-c3cc(NC(C)c4cccc(OCC(=O)N5CCC(c6ccccn6)CC5)c4)nc(C)n3)cc21. The summed E-state index contributed by atoms with van der Waals surface area (Å²) in [5.41, 5.74) is 5.18. The van der Waals surface area contributed by atoms with Crippen molar-refractivity contribution < 1.29 is 9.53 Å². The highest BCUT2D eigenvalue weighted by molar-refractivity contribution is 5.85. The maximum atomic E-state index is 12.9. The molecule has 1 aliphatic rings. The molecule has 0 aliphatic carbocycles. The molecular formula is C36H38N6O2. The molecule has 3 aromatic heterocycles. The summed E-state index contributed by atoms with van der Waals surface area (Å²) in [6, 6.07) is 24.3. The van der Waals surface area contributed by atoms with E-state index in [0.717, 1.165) is 66.3 Å². The summed E-state index contributed by atoms with van der Waals surface area (Å²) >= 11 is 0. The highest BCUT2D eigenvalue weighted by atomic mass is 16.5. The van der Waals surface area contributed by atoms with Crippen molar-refractivity contribution in [3.05, 3.63) is 115 Å². The molecule has 8 heteroatoms. The number of carbonyl (C=O) groups excluding carboxylic acids is 1. The Hall–Kier alpha value is -4.98. The lowest BCUT2D eigenvalue weighted by Gasteiger charge is -2.31. The van der Waals surface area contributed by atoms with E-state index in [2.05, 4.69) is 69.9 Å². The van der Waals surface area contributed by atoms with Gasteiger partial charge in [-0.1, -0.05) is 36.4 Å². The number of nitrogens with zero attached hydrogens (tertiary/aromatic N) is 5. The number of carbonyl (C=O) groups is 1. The Bertz CT molecular complexity index is 1760. The van der Waals surface area contributed by atoms with Crippen LogP contribution in [0, 0.1) is 6.92 Å². The predicted molar refractivity (Wildman–Crippen MR) is 175 cm³/mol. The lowest BCUT2D eigenvalue weighted by molar-refractivity contribution is -0.134. The molecule has 8 nitrogen and oxygen atoms in total. The molecule has 5 aromatic rings. The number of rotatable bonds is 10. The van der Waals surface area contributed by atoms with Gasteiger partial charge >= 0.3 is 0 Å². The van der Waals surface area contributed by atoms with E-state index in [-0.39, 0.29) is 18.6 Å². The molecule has 6 rings (SSSR count). The zero-order valence-corrected chi connectivity index (χ0v) is 25.3. The maximum Gasteiger partial charge on any atom is 0.260 e. The van der Waals surface area contributed by atoms with E-state index < -0.39 is 0 Å². The first-order valence-corrected chi connectivity index (χ1v) is 15.2. The van der Waals surface area contributed by atoms with Gasteiger partial charge in [-0.25, -0.2) is 9.97 Å². The first kappa shape index (κ1) is 29.1. The third-order valence-corrected chi connectivity index (χ3v) is 8.27. The van der Waals surface area contributed by atoms with E-state index in [1.54, 1.807) is 0 Å². The average molecular weight is 587 g/mol. The van der Waals surface area contributed by atoms with Gasteiger partial charge in [0.25, 0.3) is 5.91 Å². The summed E-state index contributed by atoms with van der Waals surface area (Å²) in [4.78, 5) is 28.7. The maximum absolute atomic E-state index is 12.9. The number of fused-ring (bicyclic) bond motifs is 1. The molecule has 1 fully saturated rings. The van der Waals surface area contributed by atoms with Crippen molar-refractivity contribution >= 4 is 22.6 Å². The van der Waals surface area contributed by atoms with Crippen LogP contribution in [-0.4, -0.2) is 50.0 Å². The van der Waals surface area contributed by atoms with Crippen LogP contribution in [0.2, 0.25) is 0 Å². The number of anilines is 1. The normalized spacial score (nSPS) is 14.4. The van der Waals surface area contributed by atoms with Crippen LogP contribution in [0.4, 0.5) is 5.82 Å². The Labute approximate surface area is 258 Å². The molecular weight excluding hydrogens is 548 g/mol. The summed E-state index contributed by atoms with van der Waals surface area (Å²) in [5.74, 6) is 2.53. The Balaban J connectivity index is 1.08. The molecule has 1 atom stereocenters. The third-order valence-electron chi connectivity index (χ3n) is 8.27. The van der Waals surface area contributed by atoms with E-state index in [4.69, 9.17) is 9.72 Å². The molecule has 44 heavy (non-hydrogen) atoms. The number of ether oxygens (including phenoxy) is 1. The largest absolute Gasteiger partial charge is 0.484 e. The van der Waals surface area contributed by atoms with E-state index >= 15 is 0 Å². The molecule has 1 saturated heterocycles. The van der Waals surface area contributed by atoms with Crippen LogP contribution in [0.15, 0.2) is 97.8 Å². The minimum atomic E-state index is -0.0469. The Kier molecular flexibility index (Phi) is 8.68. The number of hydrogen-bond acceptors (Lipinski definition) is 6. The molecule has 0 bridgehead atoms. The fraction of sp³-hybridized carbons (Fsp3) is 0.278. The van der Waals surface area contributed by atoms with Crippen molar-refractivity contribution in [2.24, 2.45) is 0 Å². The van der Waals surface area contributed by atoms with Gasteiger partial charge in [-0.05, 0) is 74.0 Å². The molecule has 224 valence electrons. The van der Waals surface area contributed by atoms with Crippen LogP contribution in [0.3, 0.4) is 0 Å². The van der Waals surface area contributed by atoms with Crippen LogP contribution in [0.5, 0.6) is 5.75 Å². The van der Waals surface area contributed by atoms with Gasteiger partial charge in [0, 0.05) is 60.8 Å². The standard InChI is InChI=1S/C36H38N6O2/c1-4-17-41-18-15-28-11-12-30(22-34(28)41)33-23-35(40-26(3)39-33)38-25(2)29-8-7-9-31(21-29)44-24-36(43)42-19-13-27(14-20-42)32-10-5-6-16-37-32/h4-12,15-16,18,21-23,25,27H,1,13-14,17,19-20,24H2,2-3H3,(H,38,39,40). The number of benzene rings is 2. The molecule has 1 aliphatic heterocycles. The van der Waals surface area contributed by atoms with Crippen molar-refractivity contribution in [1.82, 2.24) is 24.4 Å². The molecule has 4 heterocycles. The number of amides is 1. The highest BCUT2D eigenvalue weighted by Crippen LogP contribution is 2.29. The summed E-state index contributed by atoms with van der Waals surface area (Å²) in [7, 11) is 0. The summed E-state index contributed by atoms with van der Waals surface area (Å²) in [6.07, 6.45) is 7.65. The van der Waals surface area contributed by atoms with Crippen LogP contribution in [0.1, 0.15) is 48.8 Å². The number of allylic oxidation sites excluding steroid dienone is 1. The number of aryl methyl sites for hydroxylation is 1. The van der Waals surface area contributed by atoms with Gasteiger partial charge in [-0.2, -0.15) is 0 Å². The Morgan fingerprint density at radius 1 is 1.07 bits per heavy atom. The lowest BCUT2D eigenvalue weighted by atomic mass is 9.93. The molecule has 1 unspecified atom stereocenters. The number of pyridine rings is 1. The lowest BCUT2D eigenvalue weighted by Crippen LogP contribution is -2.40. The van der Waals surface area contributed by atoms with Crippen molar-refractivity contribution in [2.45, 2.75) is 45.2 Å². The number of aromatic nitrogens is 4. The quantitative estimate of drug-likeness (QED) is 0.178. The summed E-state index contributed by atoms with van der Waals surface area (Å²) < 4.78 is 8.14. The first-order chi connectivity index (χ1) is 21.5. The van der Waals surface area contributed by atoms with E-state index in [1.807, 2.05) is 66.6 Å². The van der Waals surface area contributed by atoms with Crippen molar-refractivity contribution in [3.8, 4) is 17.0 Å². The second-order valence-electron chi connectivity index (χ2n) is 11.4. The van der Waals surface area contributed by atoms with Gasteiger partial charge in [-0.3, -0.25) is 9.78 Å². The number of hydrogen-bond donors (Lipinski definition) is 1. The smallest absolute Gasteiger partial charge is 0.260 e. The minimum Gasteiger partial charge on any atom is -0.484 e. The monoisotopic (exact) mass is 586 g/mol. The molecule has 1 amide bonds. The second kappa shape index (κ2) is 13.1. The van der Waals surface area contributed by atoms with Gasteiger partial charge in [0.1, 0.15) is 17.4 Å². The zero-order valence-electron chi connectivity index (χ0n) is 25.3. The van der Waals surface area contributed by atoms with Crippen molar-refractivity contribution in [2.75, 3.05) is 25.0 Å². The van der Waals surface area contributed by atoms with E-state index in [9.17, 15) is 4.79 Å². The fourth-order valence-electron chi connectivity index (χ4n) is 5.89. The minimum absolute atomic E-state index is 0.0139. The number of piperidine rings is 1. The van der Waals surface area contributed by atoms with Crippen LogP contribution in [-0.2, 0) is 11.3 Å². The fourth-order valence-corrected chi connectivity index (χ4v) is 5.89. The second-order valence-corrected chi connectivity index (χ2v) is 11.4. The molecule has 0 saturated carbocycles. The zero-order chi connectivity index (χ0) is 30.5. The Morgan fingerprint density at radius 3 is 2.73 bits per heavy atom. The average Bonchev–Trinajstić information content (AvgIpc) is 3.46. The highest BCUT2D eigenvalue weighted by Gasteiger charge is 2.24. The van der Waals surface area contributed by atoms with Crippen LogP contribution < -0.4 is 10.1 Å². The van der Waals surface area contributed by atoms with E-state index in [1.165, 1.54) is 5.39 Å². The molecule has 2 aromatic carbocycles. The van der Waals surface area contributed by atoms with E-state index in [0.29, 0.717) is 17.5 Å². The number of nitrogens with one attached hydrogen (secondary N) is 1. The topological polar surface area (TPSA) is 85.2 Å². The van der Waals surface area contributed by atoms with Gasteiger partial charge in [0.15, 0.2) is 6.61 Å². The van der Waals surface area contributed by atoms with Crippen molar-refractivity contribution in [3.63, 3.8) is 0 Å². The number of likely N-dealkylation sites (tertiary alicyclic amines) is 1. The van der Waals surface area contributed by atoms with Gasteiger partial charge < -0.3 is 19.5 Å². The van der Waals surface area contributed by atoms with Crippen LogP contribution in [0.25, 0.3) is 22.2 Å². The third kappa shape index (κ3) is 6.64.